The lowest BCUT2D eigenvalue weighted by atomic mass is 10.0. The molecule has 0 spiro atoms. The first-order valence-electron chi connectivity index (χ1n) is 8.60. The van der Waals surface area contributed by atoms with Gasteiger partial charge in [0.05, 0.1) is 11.3 Å². The first kappa shape index (κ1) is 21.1. The summed E-state index contributed by atoms with van der Waals surface area (Å²) in [6, 6.07) is 5.00. The van der Waals surface area contributed by atoms with Crippen molar-refractivity contribution in [3.05, 3.63) is 53.9 Å². The highest BCUT2D eigenvalue weighted by Crippen LogP contribution is 2.34. The minimum Gasteiger partial charge on any atom is -0.478 e. The molecule has 11 heteroatoms. The first-order valence-corrected chi connectivity index (χ1v) is 8.60. The number of pyridine rings is 1. The Balaban J connectivity index is 1.90. The van der Waals surface area contributed by atoms with E-state index in [1.54, 1.807) is 0 Å². The Hall–Kier alpha value is -3.63. The van der Waals surface area contributed by atoms with E-state index in [-0.39, 0.29) is 23.4 Å². The Bertz CT molecular complexity index is 1010. The maximum absolute atomic E-state index is 13.0. The van der Waals surface area contributed by atoms with Gasteiger partial charge in [0.15, 0.2) is 0 Å². The van der Waals surface area contributed by atoms with Crippen molar-refractivity contribution in [1.29, 1.82) is 0 Å². The van der Waals surface area contributed by atoms with Gasteiger partial charge in [-0.15, -0.1) is 13.2 Å². The number of benzene rings is 1. The molecule has 1 saturated heterocycles. The quantitative estimate of drug-likeness (QED) is 0.740. The molecule has 0 saturated carbocycles. The molecule has 158 valence electrons. The predicted molar refractivity (Wildman–Crippen MR) is 96.8 cm³/mol. The fraction of sp³-hybridized carbons (Fsp3) is 0.263. The highest BCUT2D eigenvalue weighted by Gasteiger charge is 2.52. The Morgan fingerprint density at radius 3 is 2.37 bits per heavy atom. The number of amides is 3. The summed E-state index contributed by atoms with van der Waals surface area (Å²) in [6.07, 6.45) is -2.36. The van der Waals surface area contributed by atoms with Crippen LogP contribution in [0, 0.1) is 0 Å². The Kier molecular flexibility index (Phi) is 5.15. The zero-order chi connectivity index (χ0) is 22.3. The van der Waals surface area contributed by atoms with Gasteiger partial charge in [-0.05, 0) is 49.7 Å². The summed E-state index contributed by atoms with van der Waals surface area (Å²) in [5.74, 6) is -2.33. The van der Waals surface area contributed by atoms with E-state index in [1.165, 1.54) is 31.0 Å². The third kappa shape index (κ3) is 3.91. The number of aromatic carboxylic acids is 1. The molecule has 2 heterocycles. The largest absolute Gasteiger partial charge is 0.573 e. The number of alkyl halides is 3. The van der Waals surface area contributed by atoms with Gasteiger partial charge in [-0.1, -0.05) is 0 Å². The Morgan fingerprint density at radius 1 is 1.17 bits per heavy atom. The van der Waals surface area contributed by atoms with Gasteiger partial charge < -0.3 is 14.7 Å². The van der Waals surface area contributed by atoms with Gasteiger partial charge in [0.2, 0.25) is 0 Å². The molecular formula is C19H16F3N3O5. The van der Waals surface area contributed by atoms with Crippen LogP contribution in [0.3, 0.4) is 0 Å². The standard InChI is InChI=1S/C19H16F3N3O5/c1-18(2)16(28)25(12-3-5-13(6-4-12)30-19(20,21)22)17(29)24(18)10-11-7-8-23-9-14(11)15(26)27/h3-9H,10H2,1-2H3,(H,26,27). The van der Waals surface area contributed by atoms with E-state index in [2.05, 4.69) is 9.72 Å². The number of imide groups is 1. The van der Waals surface area contributed by atoms with Crippen LogP contribution in [-0.2, 0) is 11.3 Å². The number of halogens is 3. The molecule has 8 nitrogen and oxygen atoms in total. The molecule has 0 aliphatic carbocycles. The number of carbonyl (C=O) groups excluding carboxylic acids is 2. The molecule has 1 aliphatic heterocycles. The minimum atomic E-state index is -4.87. The lowest BCUT2D eigenvalue weighted by molar-refractivity contribution is -0.274. The third-order valence-corrected chi connectivity index (χ3v) is 4.62. The highest BCUT2D eigenvalue weighted by molar-refractivity contribution is 6.23. The Labute approximate surface area is 168 Å². The normalized spacial score (nSPS) is 16.2. The van der Waals surface area contributed by atoms with Crippen LogP contribution in [0.5, 0.6) is 5.75 Å². The van der Waals surface area contributed by atoms with Gasteiger partial charge in [-0.2, -0.15) is 0 Å². The van der Waals surface area contributed by atoms with Gasteiger partial charge in [-0.25, -0.2) is 14.5 Å². The number of carboxylic acid groups (broad SMARTS) is 1. The van der Waals surface area contributed by atoms with E-state index in [9.17, 15) is 32.7 Å². The molecular weight excluding hydrogens is 407 g/mol. The molecule has 3 amide bonds. The lowest BCUT2D eigenvalue weighted by Crippen LogP contribution is -2.43. The van der Waals surface area contributed by atoms with Crippen LogP contribution in [0.25, 0.3) is 0 Å². The second-order valence-corrected chi connectivity index (χ2v) is 6.95. The highest BCUT2D eigenvalue weighted by atomic mass is 19.4. The second kappa shape index (κ2) is 7.32. The van der Waals surface area contributed by atoms with Crippen molar-refractivity contribution in [2.45, 2.75) is 32.3 Å². The first-order chi connectivity index (χ1) is 13.9. The van der Waals surface area contributed by atoms with Crippen LogP contribution in [0.15, 0.2) is 42.7 Å². The average Bonchev–Trinajstić information content (AvgIpc) is 2.81. The minimum absolute atomic E-state index is 0.0586. The van der Waals surface area contributed by atoms with Crippen LogP contribution < -0.4 is 9.64 Å². The molecule has 0 radical (unpaired) electrons. The smallest absolute Gasteiger partial charge is 0.478 e. The molecule has 0 atom stereocenters. The average molecular weight is 423 g/mol. The lowest BCUT2D eigenvalue weighted by Gasteiger charge is -2.28. The monoisotopic (exact) mass is 423 g/mol. The van der Waals surface area contributed by atoms with Crippen molar-refractivity contribution in [3.8, 4) is 5.75 Å². The summed E-state index contributed by atoms with van der Waals surface area (Å²) in [4.78, 5) is 43.1. The van der Waals surface area contributed by atoms with Gasteiger partial charge in [0.25, 0.3) is 5.91 Å². The number of carbonyl (C=O) groups is 3. The van der Waals surface area contributed by atoms with E-state index in [0.717, 1.165) is 35.4 Å². The molecule has 1 aromatic carbocycles. The Morgan fingerprint density at radius 2 is 1.80 bits per heavy atom. The zero-order valence-electron chi connectivity index (χ0n) is 15.8. The summed E-state index contributed by atoms with van der Waals surface area (Å²) in [5, 5.41) is 9.31. The SMILES string of the molecule is CC1(C)C(=O)N(c2ccc(OC(F)(F)F)cc2)C(=O)N1Cc1ccncc1C(=O)O. The van der Waals surface area contributed by atoms with Crippen molar-refractivity contribution in [1.82, 2.24) is 9.88 Å². The summed E-state index contributed by atoms with van der Waals surface area (Å²) in [5.41, 5.74) is -1.09. The topological polar surface area (TPSA) is 100 Å². The van der Waals surface area contributed by atoms with Crippen molar-refractivity contribution in [2.24, 2.45) is 0 Å². The summed E-state index contributed by atoms with van der Waals surface area (Å²) < 4.78 is 40.8. The number of nitrogens with zero attached hydrogens (tertiary/aromatic N) is 3. The third-order valence-electron chi connectivity index (χ3n) is 4.62. The van der Waals surface area contributed by atoms with Gasteiger partial charge in [0.1, 0.15) is 11.3 Å². The molecule has 1 N–H and O–H groups in total. The van der Waals surface area contributed by atoms with E-state index in [0.29, 0.717) is 0 Å². The van der Waals surface area contributed by atoms with Crippen molar-refractivity contribution < 1.29 is 37.4 Å². The molecule has 2 aromatic rings. The summed E-state index contributed by atoms with van der Waals surface area (Å²) in [7, 11) is 0. The molecule has 30 heavy (non-hydrogen) atoms. The van der Waals surface area contributed by atoms with Crippen LogP contribution in [0.1, 0.15) is 29.8 Å². The van der Waals surface area contributed by atoms with E-state index in [1.807, 2.05) is 0 Å². The molecule has 3 rings (SSSR count). The zero-order valence-corrected chi connectivity index (χ0v) is 15.8. The molecule has 1 fully saturated rings. The van der Waals surface area contributed by atoms with E-state index in [4.69, 9.17) is 0 Å². The van der Waals surface area contributed by atoms with Gasteiger partial charge in [0, 0.05) is 18.9 Å². The van der Waals surface area contributed by atoms with Crippen LogP contribution in [0.2, 0.25) is 0 Å². The van der Waals surface area contributed by atoms with Crippen molar-refractivity contribution in [2.75, 3.05) is 4.90 Å². The van der Waals surface area contributed by atoms with Crippen molar-refractivity contribution >= 4 is 23.6 Å². The van der Waals surface area contributed by atoms with Crippen LogP contribution in [-0.4, -0.2) is 44.8 Å². The number of rotatable bonds is 5. The van der Waals surface area contributed by atoms with Gasteiger partial charge >= 0.3 is 18.4 Å². The summed E-state index contributed by atoms with van der Waals surface area (Å²) in [6.45, 7) is 2.82. The number of aromatic nitrogens is 1. The number of urea groups is 1. The number of ether oxygens (including phenoxy) is 1. The maximum atomic E-state index is 13.0. The van der Waals surface area contributed by atoms with Gasteiger partial charge in [-0.3, -0.25) is 9.78 Å². The van der Waals surface area contributed by atoms with E-state index < -0.39 is 35.6 Å². The molecule has 1 aliphatic rings. The van der Waals surface area contributed by atoms with E-state index >= 15 is 0 Å². The molecule has 1 aromatic heterocycles. The van der Waals surface area contributed by atoms with Crippen LogP contribution in [0.4, 0.5) is 23.7 Å². The van der Waals surface area contributed by atoms with Crippen molar-refractivity contribution in [3.63, 3.8) is 0 Å². The number of hydrogen-bond donors (Lipinski definition) is 1. The fourth-order valence-electron chi connectivity index (χ4n) is 3.05. The maximum Gasteiger partial charge on any atom is 0.573 e. The summed E-state index contributed by atoms with van der Waals surface area (Å²) >= 11 is 0. The second-order valence-electron chi connectivity index (χ2n) is 6.95. The van der Waals surface area contributed by atoms with Crippen LogP contribution >= 0.6 is 0 Å². The number of carboxylic acids is 1. The number of anilines is 1. The molecule has 0 unspecified atom stereocenters. The predicted octanol–water partition coefficient (Wildman–Crippen LogP) is 3.43. The number of hydrogen-bond acceptors (Lipinski definition) is 5. The molecule has 0 bridgehead atoms. The fourth-order valence-corrected chi connectivity index (χ4v) is 3.05.